The Morgan fingerprint density at radius 1 is 1.24 bits per heavy atom. The van der Waals surface area contributed by atoms with E-state index in [1.165, 1.54) is 11.0 Å². The van der Waals surface area contributed by atoms with Crippen LogP contribution in [0.1, 0.15) is 47.2 Å². The molecule has 4 rings (SSSR count). The summed E-state index contributed by atoms with van der Waals surface area (Å²) in [6.07, 6.45) is 1.44. The lowest BCUT2D eigenvalue weighted by atomic mass is 9.91. The monoisotopic (exact) mass is 465 g/mol. The second kappa shape index (κ2) is 8.82. The van der Waals surface area contributed by atoms with E-state index in [2.05, 4.69) is 20.8 Å². The Morgan fingerprint density at radius 3 is 2.68 bits per heavy atom. The number of nitrogens with zero attached hydrogens (tertiary/aromatic N) is 6. The first-order valence-corrected chi connectivity index (χ1v) is 10.9. The normalized spacial score (nSPS) is 18.9. The van der Waals surface area contributed by atoms with E-state index in [4.69, 9.17) is 4.74 Å². The first-order chi connectivity index (χ1) is 16.2. The molecule has 3 amide bonds. The maximum Gasteiger partial charge on any atom is 0.325 e. The lowest BCUT2D eigenvalue weighted by molar-refractivity contribution is -0.130. The summed E-state index contributed by atoms with van der Waals surface area (Å²) < 4.78 is 8.73. The minimum absolute atomic E-state index is 0.0408. The number of aryl methyl sites for hydroxylation is 1. The Labute approximate surface area is 196 Å². The molecular weight excluding hydrogens is 438 g/mol. The molecule has 0 aliphatic carbocycles. The van der Waals surface area contributed by atoms with Crippen LogP contribution in [-0.2, 0) is 15.1 Å². The maximum absolute atomic E-state index is 13.4. The molecule has 1 fully saturated rings. The summed E-state index contributed by atoms with van der Waals surface area (Å²) in [5.41, 5.74) is 2.03. The number of imide groups is 1. The molecule has 11 heteroatoms. The Hall–Kier alpha value is -3.86. The summed E-state index contributed by atoms with van der Waals surface area (Å²) in [6.45, 7) is 7.54. The zero-order chi connectivity index (χ0) is 24.6. The largest absolute Gasteiger partial charge is 0.383 e. The van der Waals surface area contributed by atoms with Crippen molar-refractivity contribution >= 4 is 17.7 Å². The van der Waals surface area contributed by atoms with E-state index in [0.717, 1.165) is 16.3 Å². The van der Waals surface area contributed by atoms with Gasteiger partial charge in [-0.2, -0.15) is 0 Å². The highest BCUT2D eigenvalue weighted by atomic mass is 16.5. The molecule has 0 unspecified atom stereocenters. The van der Waals surface area contributed by atoms with Gasteiger partial charge in [0.25, 0.3) is 5.91 Å². The lowest BCUT2D eigenvalue weighted by Crippen LogP contribution is -2.41. The van der Waals surface area contributed by atoms with Crippen molar-refractivity contribution in [2.45, 2.75) is 39.3 Å². The number of Topliss-reactive ketones (excluding diaryl/α,β-unsaturated/α-hetero) is 1. The zero-order valence-corrected chi connectivity index (χ0v) is 19.8. The molecule has 2 atom stereocenters. The number of benzene rings is 1. The number of methoxy groups -OCH3 is 1. The first-order valence-electron chi connectivity index (χ1n) is 10.9. The van der Waals surface area contributed by atoms with E-state index in [9.17, 15) is 14.4 Å². The van der Waals surface area contributed by atoms with E-state index in [1.54, 1.807) is 44.4 Å². The van der Waals surface area contributed by atoms with Crippen molar-refractivity contribution in [3.63, 3.8) is 0 Å². The summed E-state index contributed by atoms with van der Waals surface area (Å²) in [5.74, 6) is -0.805. The van der Waals surface area contributed by atoms with Crippen LogP contribution >= 0.6 is 0 Å². The molecule has 34 heavy (non-hydrogen) atoms. The third-order valence-corrected chi connectivity index (χ3v) is 6.25. The summed E-state index contributed by atoms with van der Waals surface area (Å²) in [4.78, 5) is 40.3. The number of tetrazole rings is 1. The van der Waals surface area contributed by atoms with Gasteiger partial charge in [-0.05, 0) is 61.9 Å². The SMILES string of the molecule is COC[C@@H](C)n1c(C)cc(C(=O)CN2C(=O)N[C@](C)(c3cccc(-n4cnnn4)c3)C2=O)c1C. The van der Waals surface area contributed by atoms with Crippen LogP contribution in [0.2, 0.25) is 0 Å². The number of hydrogen-bond acceptors (Lipinski definition) is 7. The van der Waals surface area contributed by atoms with Crippen LogP contribution in [0.5, 0.6) is 0 Å². The topological polar surface area (TPSA) is 124 Å². The quantitative estimate of drug-likeness (QED) is 0.398. The van der Waals surface area contributed by atoms with E-state index < -0.39 is 17.5 Å². The first kappa shape index (κ1) is 23.3. The Bertz CT molecular complexity index is 1250. The average molecular weight is 466 g/mol. The molecule has 1 saturated heterocycles. The number of amides is 3. The van der Waals surface area contributed by atoms with Crippen molar-refractivity contribution in [3.8, 4) is 5.69 Å². The third kappa shape index (κ3) is 3.87. The van der Waals surface area contributed by atoms with Crippen LogP contribution in [0.4, 0.5) is 4.79 Å². The average Bonchev–Trinajstić information content (AvgIpc) is 3.49. The van der Waals surface area contributed by atoms with E-state index in [1.807, 2.05) is 25.3 Å². The van der Waals surface area contributed by atoms with Gasteiger partial charge in [0.1, 0.15) is 11.9 Å². The van der Waals surface area contributed by atoms with Crippen molar-refractivity contribution in [1.29, 1.82) is 0 Å². The minimum atomic E-state index is -1.33. The van der Waals surface area contributed by atoms with Crippen molar-refractivity contribution in [1.82, 2.24) is 35.0 Å². The fourth-order valence-corrected chi connectivity index (χ4v) is 4.56. The molecule has 1 aromatic carbocycles. The summed E-state index contributed by atoms with van der Waals surface area (Å²) in [7, 11) is 1.63. The van der Waals surface area contributed by atoms with E-state index in [0.29, 0.717) is 23.4 Å². The van der Waals surface area contributed by atoms with E-state index >= 15 is 0 Å². The number of carbonyl (C=O) groups is 3. The Balaban J connectivity index is 1.58. The molecule has 178 valence electrons. The minimum Gasteiger partial charge on any atom is -0.383 e. The predicted molar refractivity (Wildman–Crippen MR) is 122 cm³/mol. The molecule has 0 radical (unpaired) electrons. The van der Waals surface area contributed by atoms with Crippen LogP contribution in [0.15, 0.2) is 36.7 Å². The summed E-state index contributed by atoms with van der Waals surface area (Å²) in [6, 6.07) is 8.21. The van der Waals surface area contributed by atoms with Gasteiger partial charge in [-0.25, -0.2) is 9.48 Å². The highest BCUT2D eigenvalue weighted by Gasteiger charge is 2.49. The van der Waals surface area contributed by atoms with Gasteiger partial charge in [-0.3, -0.25) is 14.5 Å². The third-order valence-electron chi connectivity index (χ3n) is 6.25. The van der Waals surface area contributed by atoms with Gasteiger partial charge in [0, 0.05) is 24.1 Å². The summed E-state index contributed by atoms with van der Waals surface area (Å²) >= 11 is 0. The second-order valence-electron chi connectivity index (χ2n) is 8.63. The van der Waals surface area contributed by atoms with Crippen LogP contribution in [0.25, 0.3) is 5.69 Å². The smallest absolute Gasteiger partial charge is 0.325 e. The molecule has 0 spiro atoms. The molecule has 3 heterocycles. The molecule has 1 aliphatic heterocycles. The van der Waals surface area contributed by atoms with Gasteiger partial charge in [0.2, 0.25) is 0 Å². The number of rotatable bonds is 8. The number of ether oxygens (including phenoxy) is 1. The fraction of sp³-hybridized carbons (Fsp3) is 0.391. The predicted octanol–water partition coefficient (Wildman–Crippen LogP) is 1.94. The standard InChI is InChI=1S/C23H27N7O4/c1-14-9-19(16(3)30(14)15(2)12-34-5)20(31)11-28-21(32)23(4,25-22(28)33)17-7-6-8-18(10-17)29-13-24-26-27-29/h6-10,13,15H,11-12H2,1-5H3,(H,25,33)/t15-,23-/m1/s1. The molecular formula is C23H27N7O4. The van der Waals surface area contributed by atoms with Crippen molar-refractivity contribution in [3.05, 3.63) is 59.2 Å². The number of nitrogens with one attached hydrogen (secondary N) is 1. The number of carbonyl (C=O) groups excluding carboxylic acids is 3. The fourth-order valence-electron chi connectivity index (χ4n) is 4.56. The van der Waals surface area contributed by atoms with Gasteiger partial charge >= 0.3 is 6.03 Å². The zero-order valence-electron chi connectivity index (χ0n) is 19.8. The highest BCUT2D eigenvalue weighted by molar-refractivity contribution is 6.11. The van der Waals surface area contributed by atoms with Crippen molar-refractivity contribution < 1.29 is 19.1 Å². The number of urea groups is 1. The van der Waals surface area contributed by atoms with Crippen LogP contribution in [-0.4, -0.2) is 67.7 Å². The molecule has 11 nitrogen and oxygen atoms in total. The van der Waals surface area contributed by atoms with Crippen molar-refractivity contribution in [2.75, 3.05) is 20.3 Å². The van der Waals surface area contributed by atoms with Crippen LogP contribution in [0.3, 0.4) is 0 Å². The molecule has 2 aromatic heterocycles. The van der Waals surface area contributed by atoms with Gasteiger partial charge < -0.3 is 14.6 Å². The molecule has 1 aliphatic rings. The molecule has 0 bridgehead atoms. The lowest BCUT2D eigenvalue weighted by Gasteiger charge is -2.22. The molecule has 3 aromatic rings. The second-order valence-corrected chi connectivity index (χ2v) is 8.63. The van der Waals surface area contributed by atoms with Gasteiger partial charge in [-0.15, -0.1) is 5.10 Å². The van der Waals surface area contributed by atoms with Gasteiger partial charge in [0.15, 0.2) is 5.78 Å². The van der Waals surface area contributed by atoms with Crippen LogP contribution < -0.4 is 5.32 Å². The van der Waals surface area contributed by atoms with E-state index in [-0.39, 0.29) is 18.4 Å². The molecule has 1 N–H and O–H groups in total. The van der Waals surface area contributed by atoms with Gasteiger partial charge in [-0.1, -0.05) is 12.1 Å². The highest BCUT2D eigenvalue weighted by Crippen LogP contribution is 2.30. The summed E-state index contributed by atoms with van der Waals surface area (Å²) in [5, 5.41) is 13.8. The van der Waals surface area contributed by atoms with Gasteiger partial charge in [0.05, 0.1) is 24.9 Å². The van der Waals surface area contributed by atoms with Crippen LogP contribution in [0, 0.1) is 13.8 Å². The molecule has 0 saturated carbocycles. The Morgan fingerprint density at radius 2 is 2.00 bits per heavy atom. The van der Waals surface area contributed by atoms with Crippen molar-refractivity contribution in [2.24, 2.45) is 0 Å². The number of hydrogen-bond donors (Lipinski definition) is 1. The number of aromatic nitrogens is 5. The Kier molecular flexibility index (Phi) is 6.05. The maximum atomic E-state index is 13.4. The number of ketones is 1.